The largest absolute Gasteiger partial charge is 0.381 e. The van der Waals surface area contributed by atoms with E-state index < -0.39 is 0 Å². The zero-order chi connectivity index (χ0) is 7.40. The minimum absolute atomic E-state index is 0.506. The number of hydrogen-bond donors (Lipinski definition) is 1. The number of methoxy groups -OCH3 is 1. The first kappa shape index (κ1) is 8.02. The summed E-state index contributed by atoms with van der Waals surface area (Å²) in [6.45, 7) is 4.48. The molecule has 0 amide bonds. The van der Waals surface area contributed by atoms with Crippen LogP contribution in [0.1, 0.15) is 19.8 Å². The standard InChI is InChI=1S/C8H17NO/c1-3-7-6-9-5-4-8(7)10-2/h7-9H,3-6H2,1-2H3/t7-,8-/m1/s1. The van der Waals surface area contributed by atoms with E-state index in [1.165, 1.54) is 12.8 Å². The van der Waals surface area contributed by atoms with Crippen molar-refractivity contribution in [3.8, 4) is 0 Å². The first-order chi connectivity index (χ1) is 4.88. The monoisotopic (exact) mass is 143 g/mol. The van der Waals surface area contributed by atoms with Crippen molar-refractivity contribution in [1.82, 2.24) is 5.32 Å². The molecule has 0 saturated carbocycles. The van der Waals surface area contributed by atoms with Gasteiger partial charge in [-0.3, -0.25) is 0 Å². The van der Waals surface area contributed by atoms with Crippen LogP contribution in [0.25, 0.3) is 0 Å². The van der Waals surface area contributed by atoms with Gasteiger partial charge >= 0.3 is 0 Å². The molecule has 0 spiro atoms. The van der Waals surface area contributed by atoms with Gasteiger partial charge in [-0.05, 0) is 25.3 Å². The molecular weight excluding hydrogens is 126 g/mol. The Labute approximate surface area is 63.0 Å². The highest BCUT2D eigenvalue weighted by Gasteiger charge is 2.22. The van der Waals surface area contributed by atoms with Crippen molar-refractivity contribution in [3.05, 3.63) is 0 Å². The summed E-state index contributed by atoms with van der Waals surface area (Å²) in [6, 6.07) is 0. The number of nitrogens with one attached hydrogen (secondary N) is 1. The Morgan fingerprint density at radius 2 is 2.40 bits per heavy atom. The van der Waals surface area contributed by atoms with Gasteiger partial charge in [0.15, 0.2) is 0 Å². The van der Waals surface area contributed by atoms with Crippen molar-refractivity contribution in [2.24, 2.45) is 5.92 Å². The van der Waals surface area contributed by atoms with Gasteiger partial charge < -0.3 is 10.1 Å². The fourth-order valence-electron chi connectivity index (χ4n) is 1.62. The lowest BCUT2D eigenvalue weighted by molar-refractivity contribution is 0.0296. The van der Waals surface area contributed by atoms with E-state index in [-0.39, 0.29) is 0 Å². The summed E-state index contributed by atoms with van der Waals surface area (Å²) in [4.78, 5) is 0. The summed E-state index contributed by atoms with van der Waals surface area (Å²) in [5, 5.41) is 3.37. The molecule has 0 bridgehead atoms. The van der Waals surface area contributed by atoms with Gasteiger partial charge in [-0.1, -0.05) is 6.92 Å². The third-order valence-corrected chi connectivity index (χ3v) is 2.37. The number of rotatable bonds is 2. The van der Waals surface area contributed by atoms with Crippen LogP contribution >= 0.6 is 0 Å². The van der Waals surface area contributed by atoms with Gasteiger partial charge in [0.2, 0.25) is 0 Å². The average molecular weight is 143 g/mol. The third kappa shape index (κ3) is 1.70. The van der Waals surface area contributed by atoms with Crippen LogP contribution in [0.3, 0.4) is 0 Å². The second kappa shape index (κ2) is 3.94. The predicted octanol–water partition coefficient (Wildman–Crippen LogP) is 1.02. The van der Waals surface area contributed by atoms with Crippen molar-refractivity contribution in [2.45, 2.75) is 25.9 Å². The molecule has 2 heteroatoms. The Kier molecular flexibility index (Phi) is 3.16. The van der Waals surface area contributed by atoms with Crippen LogP contribution in [0.5, 0.6) is 0 Å². The Bertz CT molecular complexity index is 83.3. The summed E-state index contributed by atoms with van der Waals surface area (Å²) >= 11 is 0. The SMILES string of the molecule is CC[C@@H]1CNCC[C@H]1OC. The number of ether oxygens (including phenoxy) is 1. The van der Waals surface area contributed by atoms with E-state index in [0.717, 1.165) is 19.0 Å². The average Bonchev–Trinajstić information content (AvgIpc) is 2.04. The molecule has 1 fully saturated rings. The van der Waals surface area contributed by atoms with Gasteiger partial charge in [0.25, 0.3) is 0 Å². The first-order valence-corrected chi connectivity index (χ1v) is 4.12. The molecule has 0 unspecified atom stereocenters. The quantitative estimate of drug-likeness (QED) is 0.623. The predicted molar refractivity (Wildman–Crippen MR) is 42.1 cm³/mol. The topological polar surface area (TPSA) is 21.3 Å². The molecule has 1 heterocycles. The molecule has 1 rings (SSSR count). The number of piperidine rings is 1. The molecule has 0 aliphatic carbocycles. The van der Waals surface area contributed by atoms with Crippen molar-refractivity contribution in [3.63, 3.8) is 0 Å². The van der Waals surface area contributed by atoms with Crippen LogP contribution in [-0.4, -0.2) is 26.3 Å². The molecule has 1 N–H and O–H groups in total. The van der Waals surface area contributed by atoms with Gasteiger partial charge in [0.1, 0.15) is 0 Å². The smallest absolute Gasteiger partial charge is 0.0623 e. The van der Waals surface area contributed by atoms with Crippen molar-refractivity contribution in [2.75, 3.05) is 20.2 Å². The second-order valence-electron chi connectivity index (χ2n) is 2.94. The van der Waals surface area contributed by atoms with E-state index in [2.05, 4.69) is 12.2 Å². The minimum atomic E-state index is 0.506. The van der Waals surface area contributed by atoms with E-state index >= 15 is 0 Å². The lowest BCUT2D eigenvalue weighted by Crippen LogP contribution is -2.40. The zero-order valence-electron chi connectivity index (χ0n) is 6.89. The van der Waals surface area contributed by atoms with Gasteiger partial charge in [-0.15, -0.1) is 0 Å². The van der Waals surface area contributed by atoms with Crippen molar-refractivity contribution < 1.29 is 4.74 Å². The van der Waals surface area contributed by atoms with E-state index in [0.29, 0.717) is 6.10 Å². The minimum Gasteiger partial charge on any atom is -0.381 e. The molecule has 60 valence electrons. The highest BCUT2D eigenvalue weighted by molar-refractivity contribution is 4.76. The molecule has 10 heavy (non-hydrogen) atoms. The maximum atomic E-state index is 5.35. The Morgan fingerprint density at radius 3 is 2.90 bits per heavy atom. The molecule has 2 atom stereocenters. The summed E-state index contributed by atoms with van der Waals surface area (Å²) in [5.41, 5.74) is 0. The van der Waals surface area contributed by atoms with E-state index in [4.69, 9.17) is 4.74 Å². The number of hydrogen-bond acceptors (Lipinski definition) is 2. The fraction of sp³-hybridized carbons (Fsp3) is 1.00. The lowest BCUT2D eigenvalue weighted by atomic mass is 9.94. The highest BCUT2D eigenvalue weighted by Crippen LogP contribution is 2.16. The van der Waals surface area contributed by atoms with Gasteiger partial charge in [0.05, 0.1) is 6.10 Å². The Morgan fingerprint density at radius 1 is 1.60 bits per heavy atom. The van der Waals surface area contributed by atoms with Crippen LogP contribution < -0.4 is 5.32 Å². The van der Waals surface area contributed by atoms with Crippen molar-refractivity contribution >= 4 is 0 Å². The van der Waals surface area contributed by atoms with Crippen LogP contribution in [-0.2, 0) is 4.74 Å². The van der Waals surface area contributed by atoms with E-state index in [1.54, 1.807) is 0 Å². The lowest BCUT2D eigenvalue weighted by Gasteiger charge is -2.30. The Hall–Kier alpha value is -0.0800. The fourth-order valence-corrected chi connectivity index (χ4v) is 1.62. The van der Waals surface area contributed by atoms with E-state index in [1.807, 2.05) is 7.11 Å². The summed E-state index contributed by atoms with van der Waals surface area (Å²) < 4.78 is 5.35. The molecule has 0 aromatic rings. The zero-order valence-corrected chi connectivity index (χ0v) is 6.89. The molecule has 0 radical (unpaired) electrons. The molecule has 0 aromatic heterocycles. The van der Waals surface area contributed by atoms with Gasteiger partial charge in [-0.25, -0.2) is 0 Å². The molecular formula is C8H17NO. The van der Waals surface area contributed by atoms with Crippen LogP contribution in [0.15, 0.2) is 0 Å². The molecule has 0 aromatic carbocycles. The van der Waals surface area contributed by atoms with Crippen LogP contribution in [0.4, 0.5) is 0 Å². The highest BCUT2D eigenvalue weighted by atomic mass is 16.5. The van der Waals surface area contributed by atoms with Gasteiger partial charge in [0, 0.05) is 13.7 Å². The maximum absolute atomic E-state index is 5.35. The normalized spacial score (nSPS) is 34.2. The second-order valence-corrected chi connectivity index (χ2v) is 2.94. The molecule has 1 aliphatic rings. The first-order valence-electron chi connectivity index (χ1n) is 4.12. The molecule has 1 saturated heterocycles. The molecule has 2 nitrogen and oxygen atoms in total. The van der Waals surface area contributed by atoms with Crippen LogP contribution in [0, 0.1) is 5.92 Å². The van der Waals surface area contributed by atoms with Crippen molar-refractivity contribution in [1.29, 1.82) is 0 Å². The summed E-state index contributed by atoms with van der Waals surface area (Å²) in [7, 11) is 1.82. The van der Waals surface area contributed by atoms with Crippen LogP contribution in [0.2, 0.25) is 0 Å². The van der Waals surface area contributed by atoms with Gasteiger partial charge in [-0.2, -0.15) is 0 Å². The van der Waals surface area contributed by atoms with E-state index in [9.17, 15) is 0 Å². The third-order valence-electron chi connectivity index (χ3n) is 2.37. The molecule has 1 aliphatic heterocycles. The maximum Gasteiger partial charge on any atom is 0.0623 e. The summed E-state index contributed by atoms with van der Waals surface area (Å²) in [5.74, 6) is 0.735. The summed E-state index contributed by atoms with van der Waals surface area (Å²) in [6.07, 6.45) is 2.91. The Balaban J connectivity index is 2.34.